The van der Waals surface area contributed by atoms with Crippen molar-refractivity contribution < 1.29 is 9.84 Å². The van der Waals surface area contributed by atoms with Crippen LogP contribution in [0.3, 0.4) is 0 Å². The number of piperazine rings is 1. The second-order valence-electron chi connectivity index (χ2n) is 7.23. The van der Waals surface area contributed by atoms with Crippen molar-refractivity contribution in [3.63, 3.8) is 0 Å². The summed E-state index contributed by atoms with van der Waals surface area (Å²) in [6.45, 7) is 9.88. The first-order chi connectivity index (χ1) is 12.6. The smallest absolute Gasteiger partial charge is 0.0900 e. The third-order valence-corrected chi connectivity index (χ3v) is 4.96. The average molecular weight is 354 g/mol. The van der Waals surface area contributed by atoms with E-state index in [9.17, 15) is 5.11 Å². The molecular weight excluding hydrogens is 324 g/mol. The molecule has 140 valence electrons. The molecule has 2 aromatic rings. The molecule has 2 aromatic carbocycles. The molecule has 1 heterocycles. The lowest BCUT2D eigenvalue weighted by atomic mass is 10.1. The van der Waals surface area contributed by atoms with E-state index >= 15 is 0 Å². The largest absolute Gasteiger partial charge is 0.389 e. The Kier molecular flexibility index (Phi) is 6.67. The Bertz CT molecular complexity index is 682. The van der Waals surface area contributed by atoms with Crippen LogP contribution in [0.2, 0.25) is 0 Å². The van der Waals surface area contributed by atoms with E-state index in [-0.39, 0.29) is 0 Å². The summed E-state index contributed by atoms with van der Waals surface area (Å²) in [5.41, 5.74) is 5.13. The van der Waals surface area contributed by atoms with Crippen LogP contribution in [0, 0.1) is 13.8 Å². The number of anilines is 1. The van der Waals surface area contributed by atoms with Crippen molar-refractivity contribution in [1.29, 1.82) is 0 Å². The first kappa shape index (κ1) is 18.9. The standard InChI is InChI=1S/C22H30N2O2/c1-18-8-9-22(19(2)14-18)24-12-10-23(11-13-24)15-21(25)17-26-16-20-6-4-3-5-7-20/h3-9,14,21,25H,10-13,15-17H2,1-2H3. The van der Waals surface area contributed by atoms with Gasteiger partial charge in [-0.2, -0.15) is 0 Å². The second kappa shape index (κ2) is 9.17. The topological polar surface area (TPSA) is 35.9 Å². The molecule has 0 bridgehead atoms. The number of nitrogens with zero attached hydrogens (tertiary/aromatic N) is 2. The molecule has 4 heteroatoms. The first-order valence-corrected chi connectivity index (χ1v) is 9.46. The number of hydrogen-bond donors (Lipinski definition) is 1. The lowest BCUT2D eigenvalue weighted by molar-refractivity contribution is 0.00914. The maximum atomic E-state index is 10.3. The molecular formula is C22H30N2O2. The van der Waals surface area contributed by atoms with Gasteiger partial charge in [-0.1, -0.05) is 48.0 Å². The fourth-order valence-corrected chi connectivity index (χ4v) is 3.57. The van der Waals surface area contributed by atoms with E-state index in [0.717, 1.165) is 31.7 Å². The third-order valence-electron chi connectivity index (χ3n) is 4.96. The molecule has 1 fully saturated rings. The number of rotatable bonds is 7. The van der Waals surface area contributed by atoms with E-state index in [0.29, 0.717) is 19.8 Å². The number of ether oxygens (including phenoxy) is 1. The van der Waals surface area contributed by atoms with Gasteiger partial charge in [0, 0.05) is 38.4 Å². The SMILES string of the molecule is Cc1ccc(N2CCN(CC(O)COCc3ccccc3)CC2)c(C)c1. The van der Waals surface area contributed by atoms with Crippen molar-refractivity contribution in [2.75, 3.05) is 44.2 Å². The minimum atomic E-state index is -0.439. The summed E-state index contributed by atoms with van der Waals surface area (Å²) in [7, 11) is 0. The minimum Gasteiger partial charge on any atom is -0.389 e. The van der Waals surface area contributed by atoms with E-state index in [1.54, 1.807) is 0 Å². The van der Waals surface area contributed by atoms with Gasteiger partial charge in [-0.15, -0.1) is 0 Å². The molecule has 26 heavy (non-hydrogen) atoms. The number of aryl methyl sites for hydroxylation is 2. The van der Waals surface area contributed by atoms with Crippen LogP contribution < -0.4 is 4.90 Å². The summed E-state index contributed by atoms with van der Waals surface area (Å²) >= 11 is 0. The molecule has 3 rings (SSSR count). The lowest BCUT2D eigenvalue weighted by Gasteiger charge is -2.37. The second-order valence-corrected chi connectivity index (χ2v) is 7.23. The molecule has 4 nitrogen and oxygen atoms in total. The zero-order chi connectivity index (χ0) is 18.4. The lowest BCUT2D eigenvalue weighted by Crippen LogP contribution is -2.49. The van der Waals surface area contributed by atoms with Gasteiger partial charge in [0.15, 0.2) is 0 Å². The molecule has 1 saturated heterocycles. The zero-order valence-electron chi connectivity index (χ0n) is 15.9. The Morgan fingerprint density at radius 1 is 1.00 bits per heavy atom. The maximum absolute atomic E-state index is 10.3. The number of aliphatic hydroxyl groups is 1. The molecule has 1 aliphatic heterocycles. The van der Waals surface area contributed by atoms with Crippen molar-refractivity contribution in [2.45, 2.75) is 26.6 Å². The number of β-amino-alcohol motifs (C(OH)–C–C–N with tert-alkyl or cyclic N) is 1. The first-order valence-electron chi connectivity index (χ1n) is 9.46. The molecule has 0 aliphatic carbocycles. The Morgan fingerprint density at radius 2 is 1.73 bits per heavy atom. The molecule has 1 N–H and O–H groups in total. The fraction of sp³-hybridized carbons (Fsp3) is 0.455. The summed E-state index contributed by atoms with van der Waals surface area (Å²) in [5.74, 6) is 0. The molecule has 1 aliphatic rings. The van der Waals surface area contributed by atoms with Crippen molar-refractivity contribution in [2.24, 2.45) is 0 Å². The van der Waals surface area contributed by atoms with Crippen LogP contribution in [-0.2, 0) is 11.3 Å². The van der Waals surface area contributed by atoms with E-state index in [1.807, 2.05) is 30.3 Å². The van der Waals surface area contributed by atoms with Crippen LogP contribution in [-0.4, -0.2) is 55.4 Å². The van der Waals surface area contributed by atoms with E-state index < -0.39 is 6.10 Å². The Hall–Kier alpha value is -1.88. The normalized spacial score (nSPS) is 16.7. The number of aliphatic hydroxyl groups excluding tert-OH is 1. The molecule has 0 spiro atoms. The van der Waals surface area contributed by atoms with Crippen LogP contribution in [0.1, 0.15) is 16.7 Å². The van der Waals surface area contributed by atoms with Gasteiger partial charge >= 0.3 is 0 Å². The van der Waals surface area contributed by atoms with E-state index in [1.165, 1.54) is 16.8 Å². The predicted octanol–water partition coefficient (Wildman–Crippen LogP) is 3.00. The van der Waals surface area contributed by atoms with Gasteiger partial charge in [0.05, 0.1) is 19.3 Å². The Balaban J connectivity index is 1.39. The number of benzene rings is 2. The highest BCUT2D eigenvalue weighted by molar-refractivity contribution is 5.54. The van der Waals surface area contributed by atoms with Gasteiger partial charge in [0.2, 0.25) is 0 Å². The molecule has 0 aromatic heterocycles. The van der Waals surface area contributed by atoms with Crippen molar-refractivity contribution in [1.82, 2.24) is 4.90 Å². The molecule has 1 atom stereocenters. The molecule has 0 radical (unpaired) electrons. The quantitative estimate of drug-likeness (QED) is 0.829. The van der Waals surface area contributed by atoms with Crippen molar-refractivity contribution in [3.05, 3.63) is 65.2 Å². The van der Waals surface area contributed by atoms with Gasteiger partial charge in [-0.3, -0.25) is 4.90 Å². The van der Waals surface area contributed by atoms with Crippen molar-refractivity contribution in [3.8, 4) is 0 Å². The van der Waals surface area contributed by atoms with Crippen LogP contribution >= 0.6 is 0 Å². The van der Waals surface area contributed by atoms with Gasteiger partial charge < -0.3 is 14.7 Å². The fourth-order valence-electron chi connectivity index (χ4n) is 3.57. The zero-order valence-corrected chi connectivity index (χ0v) is 15.9. The van der Waals surface area contributed by atoms with Gasteiger partial charge in [-0.25, -0.2) is 0 Å². The molecule has 0 saturated carbocycles. The monoisotopic (exact) mass is 354 g/mol. The van der Waals surface area contributed by atoms with Gasteiger partial charge in [-0.05, 0) is 31.0 Å². The molecule has 1 unspecified atom stereocenters. The minimum absolute atomic E-state index is 0.381. The highest BCUT2D eigenvalue weighted by Gasteiger charge is 2.20. The summed E-state index contributed by atoms with van der Waals surface area (Å²) in [4.78, 5) is 4.78. The summed E-state index contributed by atoms with van der Waals surface area (Å²) in [6.07, 6.45) is -0.439. The molecule has 0 amide bonds. The Labute approximate surface area is 157 Å². The maximum Gasteiger partial charge on any atom is 0.0900 e. The van der Waals surface area contributed by atoms with Crippen LogP contribution in [0.15, 0.2) is 48.5 Å². The van der Waals surface area contributed by atoms with E-state index in [2.05, 4.69) is 41.8 Å². The highest BCUT2D eigenvalue weighted by Crippen LogP contribution is 2.22. The van der Waals surface area contributed by atoms with E-state index in [4.69, 9.17) is 4.74 Å². The summed E-state index contributed by atoms with van der Waals surface area (Å²) < 4.78 is 5.65. The van der Waals surface area contributed by atoms with Crippen LogP contribution in [0.25, 0.3) is 0 Å². The number of hydrogen-bond acceptors (Lipinski definition) is 4. The van der Waals surface area contributed by atoms with Crippen molar-refractivity contribution >= 4 is 5.69 Å². The third kappa shape index (κ3) is 5.31. The summed E-state index contributed by atoms with van der Waals surface area (Å²) in [5, 5.41) is 10.3. The highest BCUT2D eigenvalue weighted by atomic mass is 16.5. The van der Waals surface area contributed by atoms with Gasteiger partial charge in [0.1, 0.15) is 0 Å². The van der Waals surface area contributed by atoms with Gasteiger partial charge in [0.25, 0.3) is 0 Å². The predicted molar refractivity (Wildman–Crippen MR) is 107 cm³/mol. The average Bonchev–Trinajstić information content (AvgIpc) is 2.63. The summed E-state index contributed by atoms with van der Waals surface area (Å²) in [6, 6.07) is 16.7. The van der Waals surface area contributed by atoms with Crippen LogP contribution in [0.4, 0.5) is 5.69 Å². The van der Waals surface area contributed by atoms with Crippen LogP contribution in [0.5, 0.6) is 0 Å². The Morgan fingerprint density at radius 3 is 2.42 bits per heavy atom.